The molecule has 0 radical (unpaired) electrons. The van der Waals surface area contributed by atoms with E-state index in [1.54, 1.807) is 12.5 Å². The fraction of sp³-hybridized carbons (Fsp3) is 0.643. The van der Waals surface area contributed by atoms with Gasteiger partial charge in [0.1, 0.15) is 6.26 Å². The van der Waals surface area contributed by atoms with Crippen LogP contribution in [0, 0.1) is 11.8 Å². The van der Waals surface area contributed by atoms with Crippen LogP contribution in [0.25, 0.3) is 0 Å². The molecule has 1 aromatic heterocycles. The Balaban J connectivity index is 2.20. The molecule has 3 heteroatoms. The van der Waals surface area contributed by atoms with Crippen LogP contribution in [-0.4, -0.2) is 18.2 Å². The Labute approximate surface area is 103 Å². The predicted molar refractivity (Wildman–Crippen MR) is 66.8 cm³/mol. The van der Waals surface area contributed by atoms with Gasteiger partial charge in [0.05, 0.1) is 12.1 Å². The number of hydrogen-bond donors (Lipinski definition) is 0. The summed E-state index contributed by atoms with van der Waals surface area (Å²) in [6.07, 6.45) is 5.50. The van der Waals surface area contributed by atoms with Crippen molar-refractivity contribution < 1.29 is 9.15 Å². The van der Waals surface area contributed by atoms with E-state index in [2.05, 4.69) is 25.4 Å². The zero-order valence-corrected chi connectivity index (χ0v) is 10.7. The van der Waals surface area contributed by atoms with Crippen molar-refractivity contribution in [3.05, 3.63) is 30.5 Å². The zero-order valence-electron chi connectivity index (χ0n) is 10.7. The molecule has 17 heavy (non-hydrogen) atoms. The minimum atomic E-state index is 0.244. The first-order valence-corrected chi connectivity index (χ1v) is 6.36. The first-order valence-electron chi connectivity index (χ1n) is 6.36. The van der Waals surface area contributed by atoms with E-state index in [4.69, 9.17) is 9.15 Å². The first-order chi connectivity index (χ1) is 8.20. The van der Waals surface area contributed by atoms with Gasteiger partial charge in [0.15, 0.2) is 0 Å². The summed E-state index contributed by atoms with van der Waals surface area (Å²) in [4.78, 5) is 4.33. The molecule has 0 aromatic carbocycles. The van der Waals surface area contributed by atoms with Crippen molar-refractivity contribution in [2.75, 3.05) is 13.2 Å². The maximum atomic E-state index is 5.51. The molecule has 2 rings (SSSR count). The highest BCUT2D eigenvalue weighted by atomic mass is 16.5. The average Bonchev–Trinajstić information content (AvgIpc) is 2.84. The highest BCUT2D eigenvalue weighted by molar-refractivity contribution is 5.17. The van der Waals surface area contributed by atoms with Gasteiger partial charge in [0.2, 0.25) is 5.89 Å². The molecule has 1 aliphatic rings. The monoisotopic (exact) mass is 235 g/mol. The lowest BCUT2D eigenvalue weighted by atomic mass is 9.78. The molecule has 3 nitrogen and oxygen atoms in total. The maximum absolute atomic E-state index is 5.51. The molecule has 1 unspecified atom stereocenters. The number of nitrogens with zero attached hydrogens (tertiary/aromatic N) is 1. The lowest BCUT2D eigenvalue weighted by Gasteiger charge is -2.31. The van der Waals surface area contributed by atoms with E-state index in [1.165, 1.54) is 5.57 Å². The summed E-state index contributed by atoms with van der Waals surface area (Å²) in [5.41, 5.74) is 1.22. The second-order valence-corrected chi connectivity index (χ2v) is 5.03. The van der Waals surface area contributed by atoms with Gasteiger partial charge >= 0.3 is 0 Å². The molecule has 94 valence electrons. The van der Waals surface area contributed by atoms with Gasteiger partial charge in [0.25, 0.3) is 0 Å². The van der Waals surface area contributed by atoms with Gasteiger partial charge in [-0.2, -0.15) is 0 Å². The topological polar surface area (TPSA) is 35.3 Å². The highest BCUT2D eigenvalue weighted by Gasteiger charge is 2.31. The van der Waals surface area contributed by atoms with Crippen LogP contribution in [0.1, 0.15) is 38.5 Å². The summed E-state index contributed by atoms with van der Waals surface area (Å²) in [6.45, 7) is 10.3. The lowest BCUT2D eigenvalue weighted by molar-refractivity contribution is 0.0578. The molecule has 1 aromatic rings. The molecule has 0 N–H and O–H groups in total. The van der Waals surface area contributed by atoms with Gasteiger partial charge in [-0.1, -0.05) is 26.0 Å². The van der Waals surface area contributed by atoms with Gasteiger partial charge in [-0.3, -0.25) is 0 Å². The van der Waals surface area contributed by atoms with Crippen LogP contribution in [0.3, 0.4) is 0 Å². The van der Waals surface area contributed by atoms with Gasteiger partial charge in [-0.25, -0.2) is 4.98 Å². The fourth-order valence-corrected chi connectivity index (χ4v) is 2.46. The zero-order chi connectivity index (χ0) is 12.3. The van der Waals surface area contributed by atoms with Crippen molar-refractivity contribution >= 4 is 0 Å². The van der Waals surface area contributed by atoms with Crippen LogP contribution in [-0.2, 0) is 4.74 Å². The van der Waals surface area contributed by atoms with Gasteiger partial charge in [0, 0.05) is 13.2 Å². The van der Waals surface area contributed by atoms with Crippen molar-refractivity contribution in [3.8, 4) is 0 Å². The number of ether oxygens (including phenoxy) is 1. The van der Waals surface area contributed by atoms with E-state index in [1.807, 2.05) is 0 Å². The molecular formula is C14H21NO2. The van der Waals surface area contributed by atoms with Gasteiger partial charge in [-0.05, 0) is 24.7 Å². The van der Waals surface area contributed by atoms with Gasteiger partial charge < -0.3 is 9.15 Å². The largest absolute Gasteiger partial charge is 0.448 e. The number of hydrogen-bond acceptors (Lipinski definition) is 3. The Morgan fingerprint density at radius 3 is 2.65 bits per heavy atom. The molecule has 1 aliphatic heterocycles. The molecule has 1 saturated heterocycles. The highest BCUT2D eigenvalue weighted by Crippen LogP contribution is 2.38. The van der Waals surface area contributed by atoms with Crippen LogP contribution in [0.4, 0.5) is 0 Å². The summed E-state index contributed by atoms with van der Waals surface area (Å²) in [6, 6.07) is 0. The smallest absolute Gasteiger partial charge is 0.201 e. The molecule has 0 bridgehead atoms. The molecule has 0 saturated carbocycles. The van der Waals surface area contributed by atoms with E-state index >= 15 is 0 Å². The number of allylic oxidation sites excluding steroid dienone is 1. The second-order valence-electron chi connectivity index (χ2n) is 5.03. The third-order valence-electron chi connectivity index (χ3n) is 3.60. The number of aromatic nitrogens is 1. The Hall–Kier alpha value is -1.09. The van der Waals surface area contributed by atoms with Crippen LogP contribution in [0.2, 0.25) is 0 Å². The van der Waals surface area contributed by atoms with Crippen LogP contribution >= 0.6 is 0 Å². The van der Waals surface area contributed by atoms with E-state index in [-0.39, 0.29) is 5.92 Å². The third kappa shape index (κ3) is 2.78. The summed E-state index contributed by atoms with van der Waals surface area (Å²) in [5.74, 6) is 2.07. The standard InChI is InChI=1S/C14H21NO2/c1-10(2)11(3)13(14-15-6-9-17-14)12-4-7-16-8-5-12/h6,9-10,12-13H,3-5,7-8H2,1-2H3. The van der Waals surface area contributed by atoms with E-state index in [9.17, 15) is 0 Å². The van der Waals surface area contributed by atoms with Crippen LogP contribution in [0.5, 0.6) is 0 Å². The molecule has 0 amide bonds. The van der Waals surface area contributed by atoms with Crippen molar-refractivity contribution in [2.45, 2.75) is 32.6 Å². The summed E-state index contributed by atoms with van der Waals surface area (Å²) >= 11 is 0. The SMILES string of the molecule is C=C(C(C)C)C(c1ncco1)C1CCOCC1. The second kappa shape index (κ2) is 5.50. The first kappa shape index (κ1) is 12.4. The third-order valence-corrected chi connectivity index (χ3v) is 3.60. The van der Waals surface area contributed by atoms with Gasteiger partial charge in [-0.15, -0.1) is 0 Å². The van der Waals surface area contributed by atoms with Crippen LogP contribution in [0.15, 0.2) is 29.0 Å². The van der Waals surface area contributed by atoms with Crippen LogP contribution < -0.4 is 0 Å². The molecule has 0 aliphatic carbocycles. The predicted octanol–water partition coefficient (Wildman–Crippen LogP) is 3.40. The fourth-order valence-electron chi connectivity index (χ4n) is 2.46. The van der Waals surface area contributed by atoms with E-state index < -0.39 is 0 Å². The average molecular weight is 235 g/mol. The molecule has 0 spiro atoms. The van der Waals surface area contributed by atoms with E-state index in [0.717, 1.165) is 31.9 Å². The lowest BCUT2D eigenvalue weighted by Crippen LogP contribution is -2.24. The summed E-state index contributed by atoms with van der Waals surface area (Å²) in [7, 11) is 0. The number of oxazole rings is 1. The summed E-state index contributed by atoms with van der Waals surface area (Å²) in [5, 5.41) is 0. The van der Waals surface area contributed by atoms with Crippen molar-refractivity contribution in [1.82, 2.24) is 4.98 Å². The Morgan fingerprint density at radius 2 is 2.12 bits per heavy atom. The molecule has 1 fully saturated rings. The molecular weight excluding hydrogens is 214 g/mol. The Bertz CT molecular complexity index is 350. The number of rotatable bonds is 4. The quantitative estimate of drug-likeness (QED) is 0.750. The normalized spacial score (nSPS) is 19.5. The van der Waals surface area contributed by atoms with Crippen molar-refractivity contribution in [2.24, 2.45) is 11.8 Å². The Morgan fingerprint density at radius 1 is 1.41 bits per heavy atom. The van der Waals surface area contributed by atoms with Crippen molar-refractivity contribution in [1.29, 1.82) is 0 Å². The molecule has 2 heterocycles. The Kier molecular flexibility index (Phi) is 4.00. The maximum Gasteiger partial charge on any atom is 0.201 e. The van der Waals surface area contributed by atoms with Crippen molar-refractivity contribution in [3.63, 3.8) is 0 Å². The van der Waals surface area contributed by atoms with E-state index in [0.29, 0.717) is 11.8 Å². The summed E-state index contributed by atoms with van der Waals surface area (Å²) < 4.78 is 10.9. The molecule has 1 atom stereocenters. The minimum absolute atomic E-state index is 0.244. The minimum Gasteiger partial charge on any atom is -0.448 e.